The first kappa shape index (κ1) is 12.8. The summed E-state index contributed by atoms with van der Waals surface area (Å²) in [6, 6.07) is 20.7. The summed E-state index contributed by atoms with van der Waals surface area (Å²) in [6.07, 6.45) is 3.82. The third-order valence-electron chi connectivity index (χ3n) is 3.92. The highest BCUT2D eigenvalue weighted by molar-refractivity contribution is 6.00. The second-order valence-electron chi connectivity index (χ2n) is 5.28. The number of rotatable bonds is 2. The van der Waals surface area contributed by atoms with Crippen molar-refractivity contribution in [2.24, 2.45) is 7.05 Å². The lowest BCUT2D eigenvalue weighted by molar-refractivity contribution is 0.795. The molecule has 0 radical (unpaired) electrons. The molecule has 106 valence electrons. The molecule has 0 saturated heterocycles. The standard InChI is InChI=1S/C19H15N3/c1-22-17-13-20-19(15-10-6-3-7-11-15)18(16(17)12-21-22)14-8-4-2-5-9-14/h2-13H,1H3. The zero-order valence-corrected chi connectivity index (χ0v) is 12.3. The first-order chi connectivity index (χ1) is 10.8. The number of pyridine rings is 1. The summed E-state index contributed by atoms with van der Waals surface area (Å²) in [4.78, 5) is 4.73. The Kier molecular flexibility index (Phi) is 2.97. The summed E-state index contributed by atoms with van der Waals surface area (Å²) in [6.45, 7) is 0. The van der Waals surface area contributed by atoms with Gasteiger partial charge in [0.2, 0.25) is 0 Å². The lowest BCUT2D eigenvalue weighted by Crippen LogP contribution is -1.93. The predicted octanol–water partition coefficient (Wildman–Crippen LogP) is 4.30. The lowest BCUT2D eigenvalue weighted by atomic mass is 9.96. The molecule has 0 aliphatic rings. The van der Waals surface area contributed by atoms with Crippen LogP contribution in [0.5, 0.6) is 0 Å². The molecule has 2 heterocycles. The van der Waals surface area contributed by atoms with Crippen LogP contribution in [0.1, 0.15) is 0 Å². The summed E-state index contributed by atoms with van der Waals surface area (Å²) >= 11 is 0. The molecule has 0 N–H and O–H groups in total. The van der Waals surface area contributed by atoms with E-state index in [1.54, 1.807) is 0 Å². The average Bonchev–Trinajstić information content (AvgIpc) is 2.97. The molecule has 2 aromatic heterocycles. The van der Waals surface area contributed by atoms with Gasteiger partial charge in [0.15, 0.2) is 0 Å². The fourth-order valence-corrected chi connectivity index (χ4v) is 2.82. The number of aryl methyl sites for hydroxylation is 1. The van der Waals surface area contributed by atoms with E-state index < -0.39 is 0 Å². The fraction of sp³-hybridized carbons (Fsp3) is 0.0526. The van der Waals surface area contributed by atoms with Crippen molar-refractivity contribution in [3.8, 4) is 22.4 Å². The quantitative estimate of drug-likeness (QED) is 0.549. The molecule has 2 aromatic carbocycles. The number of hydrogen-bond acceptors (Lipinski definition) is 2. The molecule has 3 nitrogen and oxygen atoms in total. The normalized spacial score (nSPS) is 11.0. The maximum absolute atomic E-state index is 4.73. The Morgan fingerprint density at radius 2 is 1.41 bits per heavy atom. The maximum Gasteiger partial charge on any atom is 0.0868 e. The SMILES string of the molecule is Cn1ncc2c(-c3ccccc3)c(-c3ccccc3)ncc21. The van der Waals surface area contributed by atoms with Crippen LogP contribution in [-0.4, -0.2) is 14.8 Å². The van der Waals surface area contributed by atoms with Crippen LogP contribution < -0.4 is 0 Å². The van der Waals surface area contributed by atoms with Crippen LogP contribution in [-0.2, 0) is 7.05 Å². The first-order valence-electron chi connectivity index (χ1n) is 7.26. The van der Waals surface area contributed by atoms with Gasteiger partial charge in [-0.3, -0.25) is 9.67 Å². The summed E-state index contributed by atoms with van der Waals surface area (Å²) in [7, 11) is 1.95. The van der Waals surface area contributed by atoms with E-state index in [1.165, 1.54) is 0 Å². The fourth-order valence-electron chi connectivity index (χ4n) is 2.82. The van der Waals surface area contributed by atoms with Crippen LogP contribution in [0, 0.1) is 0 Å². The molecular formula is C19H15N3. The highest BCUT2D eigenvalue weighted by atomic mass is 15.2. The summed E-state index contributed by atoms with van der Waals surface area (Å²) in [5, 5.41) is 5.52. The molecule has 0 bridgehead atoms. The molecule has 0 atom stereocenters. The molecule has 4 aromatic rings. The highest BCUT2D eigenvalue weighted by Crippen LogP contribution is 2.35. The highest BCUT2D eigenvalue weighted by Gasteiger charge is 2.15. The monoisotopic (exact) mass is 285 g/mol. The molecule has 0 amide bonds. The van der Waals surface area contributed by atoms with Crippen LogP contribution in [0.4, 0.5) is 0 Å². The summed E-state index contributed by atoms with van der Waals surface area (Å²) < 4.78 is 1.86. The van der Waals surface area contributed by atoms with E-state index in [0.717, 1.165) is 33.3 Å². The Labute approximate surface area is 128 Å². The Morgan fingerprint density at radius 1 is 0.773 bits per heavy atom. The number of aromatic nitrogens is 3. The van der Waals surface area contributed by atoms with Gasteiger partial charge in [0.1, 0.15) is 0 Å². The first-order valence-corrected chi connectivity index (χ1v) is 7.26. The van der Waals surface area contributed by atoms with Gasteiger partial charge in [0.25, 0.3) is 0 Å². The Balaban J connectivity index is 2.09. The van der Waals surface area contributed by atoms with Gasteiger partial charge in [0, 0.05) is 23.6 Å². The van der Waals surface area contributed by atoms with E-state index >= 15 is 0 Å². The minimum Gasteiger partial charge on any atom is -0.266 e. The third-order valence-corrected chi connectivity index (χ3v) is 3.92. The van der Waals surface area contributed by atoms with Crippen LogP contribution in [0.25, 0.3) is 33.3 Å². The van der Waals surface area contributed by atoms with E-state index in [1.807, 2.05) is 48.4 Å². The molecule has 0 saturated carbocycles. The van der Waals surface area contributed by atoms with Crippen LogP contribution in [0.3, 0.4) is 0 Å². The summed E-state index contributed by atoms with van der Waals surface area (Å²) in [5.41, 5.74) is 5.45. The van der Waals surface area contributed by atoms with Gasteiger partial charge < -0.3 is 0 Å². The van der Waals surface area contributed by atoms with Crippen molar-refractivity contribution in [1.82, 2.24) is 14.8 Å². The van der Waals surface area contributed by atoms with Gasteiger partial charge in [0.05, 0.1) is 23.6 Å². The molecule has 0 aliphatic carbocycles. The van der Waals surface area contributed by atoms with Crippen molar-refractivity contribution in [2.45, 2.75) is 0 Å². The van der Waals surface area contributed by atoms with Crippen LogP contribution in [0.15, 0.2) is 73.1 Å². The minimum atomic E-state index is 0.993. The van der Waals surface area contributed by atoms with Crippen LogP contribution in [0.2, 0.25) is 0 Å². The molecule has 0 fully saturated rings. The third kappa shape index (κ3) is 1.99. The van der Waals surface area contributed by atoms with E-state index in [-0.39, 0.29) is 0 Å². The Morgan fingerprint density at radius 3 is 2.09 bits per heavy atom. The molecular weight excluding hydrogens is 270 g/mol. The van der Waals surface area contributed by atoms with E-state index in [9.17, 15) is 0 Å². The topological polar surface area (TPSA) is 30.7 Å². The smallest absolute Gasteiger partial charge is 0.0868 e. The van der Waals surface area contributed by atoms with Gasteiger partial charge in [-0.25, -0.2) is 0 Å². The van der Waals surface area contributed by atoms with Crippen molar-refractivity contribution in [3.63, 3.8) is 0 Å². The molecule has 0 spiro atoms. The van der Waals surface area contributed by atoms with Crippen molar-refractivity contribution < 1.29 is 0 Å². The average molecular weight is 285 g/mol. The van der Waals surface area contributed by atoms with E-state index in [2.05, 4.69) is 41.5 Å². The van der Waals surface area contributed by atoms with Gasteiger partial charge in [-0.2, -0.15) is 5.10 Å². The molecule has 0 unspecified atom stereocenters. The van der Waals surface area contributed by atoms with Crippen molar-refractivity contribution in [1.29, 1.82) is 0 Å². The molecule has 0 aliphatic heterocycles. The molecule has 3 heteroatoms. The number of hydrogen-bond donors (Lipinski definition) is 0. The molecule has 22 heavy (non-hydrogen) atoms. The van der Waals surface area contributed by atoms with Crippen molar-refractivity contribution in [2.75, 3.05) is 0 Å². The van der Waals surface area contributed by atoms with Gasteiger partial charge in [-0.1, -0.05) is 60.7 Å². The van der Waals surface area contributed by atoms with Gasteiger partial charge in [-0.05, 0) is 5.56 Å². The lowest BCUT2D eigenvalue weighted by Gasteiger charge is -2.11. The van der Waals surface area contributed by atoms with E-state index in [4.69, 9.17) is 4.98 Å². The minimum absolute atomic E-state index is 0.993. The second kappa shape index (κ2) is 5.11. The maximum atomic E-state index is 4.73. The summed E-state index contributed by atoms with van der Waals surface area (Å²) in [5.74, 6) is 0. The number of nitrogens with zero attached hydrogens (tertiary/aromatic N) is 3. The zero-order chi connectivity index (χ0) is 14.9. The molecule has 4 rings (SSSR count). The largest absolute Gasteiger partial charge is 0.266 e. The Hall–Kier alpha value is -2.94. The number of fused-ring (bicyclic) bond motifs is 1. The Bertz CT molecular complexity index is 925. The van der Waals surface area contributed by atoms with Crippen LogP contribution >= 0.6 is 0 Å². The van der Waals surface area contributed by atoms with Gasteiger partial charge in [-0.15, -0.1) is 0 Å². The predicted molar refractivity (Wildman–Crippen MR) is 89.4 cm³/mol. The van der Waals surface area contributed by atoms with Crippen molar-refractivity contribution in [3.05, 3.63) is 73.1 Å². The van der Waals surface area contributed by atoms with E-state index in [0.29, 0.717) is 0 Å². The van der Waals surface area contributed by atoms with Crippen molar-refractivity contribution >= 4 is 10.9 Å². The second-order valence-corrected chi connectivity index (χ2v) is 5.28. The number of benzene rings is 2. The van der Waals surface area contributed by atoms with Gasteiger partial charge >= 0.3 is 0 Å². The zero-order valence-electron chi connectivity index (χ0n) is 12.3.